The molecule has 21 heavy (non-hydrogen) atoms. The highest BCUT2D eigenvalue weighted by atomic mass is 16.3. The Bertz CT molecular complexity index is 595. The number of rotatable bonds is 5. The number of hydrogen-bond donors (Lipinski definition) is 2. The van der Waals surface area contributed by atoms with Crippen molar-refractivity contribution in [2.24, 2.45) is 0 Å². The van der Waals surface area contributed by atoms with Gasteiger partial charge in [0.2, 0.25) is 0 Å². The van der Waals surface area contributed by atoms with Crippen molar-refractivity contribution in [1.82, 2.24) is 5.32 Å². The third kappa shape index (κ3) is 4.46. The van der Waals surface area contributed by atoms with E-state index >= 15 is 0 Å². The first-order valence-corrected chi connectivity index (χ1v) is 6.97. The summed E-state index contributed by atoms with van der Waals surface area (Å²) in [5.74, 6) is 0.516. The van der Waals surface area contributed by atoms with E-state index in [1.54, 1.807) is 25.3 Å². The Morgan fingerprint density at radius 1 is 1.29 bits per heavy atom. The lowest BCUT2D eigenvalue weighted by atomic mass is 10.0. The van der Waals surface area contributed by atoms with Crippen LogP contribution in [0, 0.1) is 13.8 Å². The van der Waals surface area contributed by atoms with Crippen LogP contribution in [0.5, 0.6) is 0 Å². The zero-order valence-electron chi connectivity index (χ0n) is 12.6. The number of furan rings is 1. The predicted octanol–water partition coefficient (Wildman–Crippen LogP) is 2.62. The first kappa shape index (κ1) is 15.3. The van der Waals surface area contributed by atoms with Crippen LogP contribution in [0.2, 0.25) is 0 Å². The summed E-state index contributed by atoms with van der Waals surface area (Å²) in [6.07, 6.45) is 1.92. The molecule has 0 saturated carbocycles. The van der Waals surface area contributed by atoms with Crippen LogP contribution >= 0.6 is 0 Å². The molecule has 0 aliphatic heterocycles. The zero-order valence-corrected chi connectivity index (χ0v) is 12.6. The van der Waals surface area contributed by atoms with E-state index in [1.165, 1.54) is 0 Å². The number of aryl methyl sites for hydroxylation is 2. The molecule has 0 radical (unpaired) electrons. The monoisotopic (exact) mass is 287 g/mol. The normalized spacial score (nSPS) is 13.7. The van der Waals surface area contributed by atoms with Crippen LogP contribution in [-0.4, -0.2) is 23.2 Å². The van der Waals surface area contributed by atoms with E-state index in [0.717, 1.165) is 11.1 Å². The van der Waals surface area contributed by atoms with Gasteiger partial charge in [0.15, 0.2) is 0 Å². The van der Waals surface area contributed by atoms with Gasteiger partial charge in [-0.25, -0.2) is 0 Å². The van der Waals surface area contributed by atoms with Crippen molar-refractivity contribution in [3.8, 4) is 0 Å². The van der Waals surface area contributed by atoms with E-state index in [9.17, 15) is 9.90 Å². The molecule has 112 valence electrons. The third-order valence-corrected chi connectivity index (χ3v) is 3.25. The number of benzene rings is 1. The van der Waals surface area contributed by atoms with Gasteiger partial charge in [-0.05, 0) is 45.0 Å². The molecule has 0 aliphatic rings. The lowest BCUT2D eigenvalue weighted by Crippen LogP contribution is -2.42. The second-order valence-electron chi connectivity index (χ2n) is 5.81. The molecular weight excluding hydrogens is 266 g/mol. The van der Waals surface area contributed by atoms with E-state index < -0.39 is 5.60 Å². The average molecular weight is 287 g/mol. The standard InChI is InChI=1S/C17H21NO3/c1-12-7-13(2)9-14(8-12)16(19)18-11-17(3,20)10-15-5-4-6-21-15/h4-9,20H,10-11H2,1-3H3,(H,18,19). The van der Waals surface area contributed by atoms with Gasteiger partial charge in [-0.3, -0.25) is 4.79 Å². The molecule has 0 fully saturated rings. The minimum Gasteiger partial charge on any atom is -0.469 e. The highest BCUT2D eigenvalue weighted by Gasteiger charge is 2.23. The van der Waals surface area contributed by atoms with Crippen LogP contribution in [-0.2, 0) is 6.42 Å². The van der Waals surface area contributed by atoms with Crippen molar-refractivity contribution in [1.29, 1.82) is 0 Å². The second-order valence-corrected chi connectivity index (χ2v) is 5.81. The molecular formula is C17H21NO3. The topological polar surface area (TPSA) is 62.5 Å². The molecule has 2 aromatic rings. The molecule has 1 atom stereocenters. The van der Waals surface area contributed by atoms with Crippen molar-refractivity contribution >= 4 is 5.91 Å². The molecule has 0 saturated heterocycles. The van der Waals surface area contributed by atoms with Gasteiger partial charge >= 0.3 is 0 Å². The van der Waals surface area contributed by atoms with Crippen molar-refractivity contribution in [2.75, 3.05) is 6.54 Å². The highest BCUT2D eigenvalue weighted by Crippen LogP contribution is 2.14. The van der Waals surface area contributed by atoms with Gasteiger partial charge in [0.25, 0.3) is 5.91 Å². The van der Waals surface area contributed by atoms with Crippen LogP contribution in [0.25, 0.3) is 0 Å². The fraction of sp³-hybridized carbons (Fsp3) is 0.353. The maximum absolute atomic E-state index is 12.2. The van der Waals surface area contributed by atoms with Gasteiger partial charge in [0.1, 0.15) is 5.76 Å². The Balaban J connectivity index is 1.96. The molecule has 1 amide bonds. The fourth-order valence-electron chi connectivity index (χ4n) is 2.33. The van der Waals surface area contributed by atoms with Crippen molar-refractivity contribution in [3.63, 3.8) is 0 Å². The Morgan fingerprint density at radius 2 is 1.95 bits per heavy atom. The summed E-state index contributed by atoms with van der Waals surface area (Å²) in [6.45, 7) is 5.75. The quantitative estimate of drug-likeness (QED) is 0.888. The number of hydrogen-bond acceptors (Lipinski definition) is 3. The summed E-state index contributed by atoms with van der Waals surface area (Å²) in [4.78, 5) is 12.2. The molecule has 0 bridgehead atoms. The summed E-state index contributed by atoms with van der Waals surface area (Å²) < 4.78 is 5.22. The van der Waals surface area contributed by atoms with Gasteiger partial charge in [-0.1, -0.05) is 17.2 Å². The zero-order chi connectivity index (χ0) is 15.5. The Morgan fingerprint density at radius 3 is 2.52 bits per heavy atom. The van der Waals surface area contributed by atoms with E-state index in [0.29, 0.717) is 17.7 Å². The van der Waals surface area contributed by atoms with Crippen LogP contribution in [0.1, 0.15) is 34.2 Å². The van der Waals surface area contributed by atoms with E-state index in [4.69, 9.17) is 4.42 Å². The largest absolute Gasteiger partial charge is 0.469 e. The minimum absolute atomic E-state index is 0.166. The van der Waals surface area contributed by atoms with E-state index in [-0.39, 0.29) is 12.5 Å². The molecule has 1 unspecified atom stereocenters. The first-order valence-electron chi connectivity index (χ1n) is 6.97. The average Bonchev–Trinajstić information content (AvgIpc) is 2.87. The van der Waals surface area contributed by atoms with Gasteiger partial charge in [-0.15, -0.1) is 0 Å². The van der Waals surface area contributed by atoms with Crippen molar-refractivity contribution in [2.45, 2.75) is 32.8 Å². The number of carbonyl (C=O) groups excluding carboxylic acids is 1. The number of carbonyl (C=O) groups is 1. The van der Waals surface area contributed by atoms with Crippen LogP contribution in [0.4, 0.5) is 0 Å². The summed E-state index contributed by atoms with van der Waals surface area (Å²) in [6, 6.07) is 9.27. The lowest BCUT2D eigenvalue weighted by molar-refractivity contribution is 0.0510. The fourth-order valence-corrected chi connectivity index (χ4v) is 2.33. The Kier molecular flexibility index (Phi) is 4.48. The van der Waals surface area contributed by atoms with E-state index in [2.05, 4.69) is 5.32 Å². The maximum atomic E-state index is 12.2. The molecule has 0 spiro atoms. The summed E-state index contributed by atoms with van der Waals surface area (Å²) in [7, 11) is 0. The van der Waals surface area contributed by atoms with Gasteiger partial charge in [-0.2, -0.15) is 0 Å². The second kappa shape index (κ2) is 6.14. The molecule has 1 aromatic heterocycles. The molecule has 1 heterocycles. The predicted molar refractivity (Wildman–Crippen MR) is 81.3 cm³/mol. The molecule has 4 nitrogen and oxygen atoms in total. The van der Waals surface area contributed by atoms with Gasteiger partial charge in [0.05, 0.1) is 11.9 Å². The van der Waals surface area contributed by atoms with Crippen molar-refractivity contribution in [3.05, 3.63) is 59.0 Å². The minimum atomic E-state index is -1.05. The van der Waals surface area contributed by atoms with Gasteiger partial charge < -0.3 is 14.8 Å². The van der Waals surface area contributed by atoms with Crippen LogP contribution in [0.15, 0.2) is 41.0 Å². The molecule has 2 N–H and O–H groups in total. The molecule has 1 aromatic carbocycles. The van der Waals surface area contributed by atoms with E-state index in [1.807, 2.05) is 32.0 Å². The maximum Gasteiger partial charge on any atom is 0.251 e. The van der Waals surface area contributed by atoms with Crippen LogP contribution < -0.4 is 5.32 Å². The Hall–Kier alpha value is -2.07. The molecule has 0 aliphatic carbocycles. The molecule has 4 heteroatoms. The number of nitrogens with one attached hydrogen (secondary N) is 1. The van der Waals surface area contributed by atoms with Crippen molar-refractivity contribution < 1.29 is 14.3 Å². The number of amides is 1. The first-order chi connectivity index (χ1) is 9.85. The smallest absolute Gasteiger partial charge is 0.251 e. The number of aliphatic hydroxyl groups is 1. The highest BCUT2D eigenvalue weighted by molar-refractivity contribution is 5.94. The summed E-state index contributed by atoms with van der Waals surface area (Å²) >= 11 is 0. The SMILES string of the molecule is Cc1cc(C)cc(C(=O)NCC(C)(O)Cc2ccco2)c1. The van der Waals surface area contributed by atoms with Crippen LogP contribution in [0.3, 0.4) is 0 Å². The third-order valence-electron chi connectivity index (χ3n) is 3.25. The molecule has 2 rings (SSSR count). The summed E-state index contributed by atoms with van der Waals surface area (Å²) in [5.41, 5.74) is 1.65. The summed E-state index contributed by atoms with van der Waals surface area (Å²) in [5, 5.41) is 13.1. The van der Waals surface area contributed by atoms with Gasteiger partial charge in [0, 0.05) is 18.5 Å². The Labute approximate surface area is 124 Å². The lowest BCUT2D eigenvalue weighted by Gasteiger charge is -2.22.